The highest BCUT2D eigenvalue weighted by Gasteiger charge is 2.25. The molecular formula is C39H50N4O3. The van der Waals surface area contributed by atoms with Gasteiger partial charge in [0.2, 0.25) is 0 Å². The van der Waals surface area contributed by atoms with Gasteiger partial charge < -0.3 is 29.3 Å². The van der Waals surface area contributed by atoms with Crippen LogP contribution >= 0.6 is 0 Å². The van der Waals surface area contributed by atoms with Crippen molar-refractivity contribution in [1.29, 1.82) is 0 Å². The van der Waals surface area contributed by atoms with Crippen LogP contribution < -0.4 is 19.5 Å². The Balaban J connectivity index is 1.02. The Morgan fingerprint density at radius 1 is 0.804 bits per heavy atom. The van der Waals surface area contributed by atoms with Gasteiger partial charge >= 0.3 is 0 Å². The molecular weight excluding hydrogens is 572 g/mol. The third-order valence-electron chi connectivity index (χ3n) is 9.45. The van der Waals surface area contributed by atoms with Crippen molar-refractivity contribution < 1.29 is 14.2 Å². The first-order chi connectivity index (χ1) is 22.4. The predicted octanol–water partition coefficient (Wildman–Crippen LogP) is 8.80. The lowest BCUT2D eigenvalue weighted by Gasteiger charge is -2.40. The summed E-state index contributed by atoms with van der Waals surface area (Å²) in [7, 11) is 1.68. The third-order valence-corrected chi connectivity index (χ3v) is 9.45. The van der Waals surface area contributed by atoms with Gasteiger partial charge in [0.25, 0.3) is 0 Å². The minimum Gasteiger partial charge on any atom is -0.493 e. The molecule has 0 unspecified atom stereocenters. The number of fused-ring (bicyclic) bond motifs is 1. The van der Waals surface area contributed by atoms with Crippen molar-refractivity contribution >= 4 is 22.3 Å². The number of methoxy groups -OCH3 is 1. The first-order valence-corrected chi connectivity index (χ1v) is 17.1. The minimum absolute atomic E-state index is 0.136. The lowest BCUT2D eigenvalue weighted by Crippen LogP contribution is -2.46. The molecule has 4 aromatic rings. The van der Waals surface area contributed by atoms with Crippen LogP contribution in [0.5, 0.6) is 23.0 Å². The van der Waals surface area contributed by atoms with Crippen LogP contribution in [0.1, 0.15) is 64.9 Å². The summed E-state index contributed by atoms with van der Waals surface area (Å²) in [5.41, 5.74) is 4.32. The number of nitrogens with zero attached hydrogens (tertiary/aromatic N) is 3. The highest BCUT2D eigenvalue weighted by Crippen LogP contribution is 2.37. The molecule has 1 N–H and O–H groups in total. The molecule has 7 heteroatoms. The van der Waals surface area contributed by atoms with E-state index >= 15 is 0 Å². The fourth-order valence-corrected chi connectivity index (χ4v) is 6.71. The second-order valence-corrected chi connectivity index (χ2v) is 13.8. The first-order valence-electron chi connectivity index (χ1n) is 17.1. The van der Waals surface area contributed by atoms with Gasteiger partial charge in [0.15, 0.2) is 11.5 Å². The van der Waals surface area contributed by atoms with Gasteiger partial charge in [0.05, 0.1) is 19.2 Å². The van der Waals surface area contributed by atoms with E-state index in [1.165, 1.54) is 63.8 Å². The van der Waals surface area contributed by atoms with E-state index in [2.05, 4.69) is 65.1 Å². The Morgan fingerprint density at radius 3 is 2.17 bits per heavy atom. The quantitative estimate of drug-likeness (QED) is 0.168. The normalized spacial score (nSPS) is 16.8. The van der Waals surface area contributed by atoms with E-state index in [1.54, 1.807) is 13.3 Å². The zero-order valence-corrected chi connectivity index (χ0v) is 28.1. The van der Waals surface area contributed by atoms with Gasteiger partial charge in [-0.3, -0.25) is 4.98 Å². The van der Waals surface area contributed by atoms with E-state index < -0.39 is 0 Å². The number of aromatic nitrogens is 1. The lowest BCUT2D eigenvalue weighted by molar-refractivity contribution is 0.0900. The summed E-state index contributed by atoms with van der Waals surface area (Å²) in [6.45, 7) is 13.4. The molecule has 3 heterocycles. The molecule has 0 bridgehead atoms. The van der Waals surface area contributed by atoms with Crippen LogP contribution in [-0.4, -0.2) is 67.3 Å². The average Bonchev–Trinajstić information content (AvgIpc) is 3.08. The van der Waals surface area contributed by atoms with Gasteiger partial charge in [-0.1, -0.05) is 39.3 Å². The van der Waals surface area contributed by atoms with Crippen LogP contribution in [0.4, 0.5) is 11.4 Å². The van der Waals surface area contributed by atoms with Gasteiger partial charge in [-0.2, -0.15) is 0 Å². The average molecular weight is 623 g/mol. The number of benzene rings is 3. The predicted molar refractivity (Wildman–Crippen MR) is 188 cm³/mol. The molecule has 3 aromatic carbocycles. The summed E-state index contributed by atoms with van der Waals surface area (Å²) in [4.78, 5) is 9.95. The maximum atomic E-state index is 6.33. The van der Waals surface area contributed by atoms with Crippen molar-refractivity contribution in [3.8, 4) is 23.0 Å². The van der Waals surface area contributed by atoms with Gasteiger partial charge in [-0.15, -0.1) is 0 Å². The lowest BCUT2D eigenvalue weighted by atomic mass is 9.87. The van der Waals surface area contributed by atoms with Gasteiger partial charge in [-0.05, 0) is 118 Å². The Morgan fingerprint density at radius 2 is 1.50 bits per heavy atom. The van der Waals surface area contributed by atoms with Crippen LogP contribution in [0.2, 0.25) is 0 Å². The highest BCUT2D eigenvalue weighted by molar-refractivity contribution is 5.88. The molecule has 2 saturated heterocycles. The number of nitrogens with one attached hydrogen (secondary N) is 1. The van der Waals surface area contributed by atoms with E-state index in [0.29, 0.717) is 12.4 Å². The van der Waals surface area contributed by atoms with Crippen molar-refractivity contribution in [1.82, 2.24) is 14.8 Å². The molecule has 2 fully saturated rings. The van der Waals surface area contributed by atoms with Crippen molar-refractivity contribution in [2.45, 2.75) is 70.8 Å². The van der Waals surface area contributed by atoms with E-state index in [1.807, 2.05) is 42.5 Å². The summed E-state index contributed by atoms with van der Waals surface area (Å²) >= 11 is 0. The van der Waals surface area contributed by atoms with Crippen LogP contribution in [-0.2, 0) is 5.41 Å². The third kappa shape index (κ3) is 8.12. The van der Waals surface area contributed by atoms with Crippen molar-refractivity contribution in [3.05, 3.63) is 78.5 Å². The summed E-state index contributed by atoms with van der Waals surface area (Å²) in [5.74, 6) is 2.88. The molecule has 7 nitrogen and oxygen atoms in total. The fourth-order valence-electron chi connectivity index (χ4n) is 6.71. The molecule has 6 rings (SSSR count). The number of ether oxygens (including phenoxy) is 3. The molecule has 0 radical (unpaired) electrons. The molecule has 1 aromatic heterocycles. The topological polar surface area (TPSA) is 59.1 Å². The number of anilines is 2. The monoisotopic (exact) mass is 622 g/mol. The number of pyridine rings is 1. The molecule has 46 heavy (non-hydrogen) atoms. The molecule has 0 saturated carbocycles. The van der Waals surface area contributed by atoms with E-state index in [-0.39, 0.29) is 5.41 Å². The van der Waals surface area contributed by atoms with E-state index in [0.717, 1.165) is 58.5 Å². The minimum atomic E-state index is 0.136. The number of hydrogen-bond acceptors (Lipinski definition) is 7. The van der Waals surface area contributed by atoms with Crippen LogP contribution in [0, 0.1) is 0 Å². The van der Waals surface area contributed by atoms with Crippen molar-refractivity contribution in [2.24, 2.45) is 0 Å². The second kappa shape index (κ2) is 14.7. The van der Waals surface area contributed by atoms with Gasteiger partial charge in [0.1, 0.15) is 11.5 Å². The Kier molecular flexibility index (Phi) is 10.3. The second-order valence-electron chi connectivity index (χ2n) is 13.8. The smallest absolute Gasteiger partial charge is 0.163 e. The van der Waals surface area contributed by atoms with E-state index in [9.17, 15) is 0 Å². The van der Waals surface area contributed by atoms with E-state index in [4.69, 9.17) is 14.2 Å². The van der Waals surface area contributed by atoms with Crippen LogP contribution in [0.3, 0.4) is 0 Å². The van der Waals surface area contributed by atoms with Gasteiger partial charge in [0, 0.05) is 41.6 Å². The van der Waals surface area contributed by atoms with Crippen LogP contribution in [0.15, 0.2) is 72.9 Å². The zero-order valence-electron chi connectivity index (χ0n) is 28.1. The largest absolute Gasteiger partial charge is 0.493 e. The SMILES string of the molecule is COc1cc2c(Oc3ccc(Nc4ccc(C(C)(C)C)cc4)cc3)ccnc2cc1OCCCN1CCC(N2CCCCC2)CC1. The number of hydrogen-bond donors (Lipinski definition) is 1. The fraction of sp³-hybridized carbons (Fsp3) is 0.462. The highest BCUT2D eigenvalue weighted by atomic mass is 16.5. The number of piperidine rings is 2. The maximum absolute atomic E-state index is 6.33. The zero-order chi connectivity index (χ0) is 31.9. The molecule has 0 aliphatic carbocycles. The summed E-state index contributed by atoms with van der Waals surface area (Å²) < 4.78 is 18.3. The molecule has 0 spiro atoms. The Labute approximate surface area is 274 Å². The Hall–Kier alpha value is -3.81. The van der Waals surface area contributed by atoms with Crippen LogP contribution in [0.25, 0.3) is 10.9 Å². The maximum Gasteiger partial charge on any atom is 0.163 e. The molecule has 2 aliphatic heterocycles. The summed E-state index contributed by atoms with van der Waals surface area (Å²) in [5, 5.41) is 4.36. The van der Waals surface area contributed by atoms with Crippen molar-refractivity contribution in [2.75, 3.05) is 51.8 Å². The molecule has 2 aliphatic rings. The standard InChI is InChI=1S/C39H50N4O3/c1-39(2,3)29-9-11-30(12-10-29)41-31-13-15-33(16-14-31)46-36-17-20-40-35-28-38(37(44-4)27-34(35)36)45-26-8-21-42-24-18-32(19-25-42)43-22-6-5-7-23-43/h9-17,20,27-28,32,41H,5-8,18-19,21-26H2,1-4H3. The first kappa shape index (κ1) is 32.1. The molecule has 0 atom stereocenters. The summed E-state index contributed by atoms with van der Waals surface area (Å²) in [6, 6.07) is 23.2. The number of likely N-dealkylation sites (tertiary alicyclic amines) is 2. The van der Waals surface area contributed by atoms with Crippen molar-refractivity contribution in [3.63, 3.8) is 0 Å². The number of rotatable bonds is 11. The molecule has 0 amide bonds. The molecule has 244 valence electrons. The Bertz CT molecular complexity index is 1550. The van der Waals surface area contributed by atoms with Gasteiger partial charge in [-0.25, -0.2) is 0 Å². The summed E-state index contributed by atoms with van der Waals surface area (Å²) in [6.07, 6.45) is 9.51.